The first kappa shape index (κ1) is 23.3. The van der Waals surface area contributed by atoms with Crippen LogP contribution in [0.3, 0.4) is 0 Å². The van der Waals surface area contributed by atoms with Crippen LogP contribution in [0.2, 0.25) is 0 Å². The minimum Gasteiger partial charge on any atom is -0.497 e. The van der Waals surface area contributed by atoms with Gasteiger partial charge in [-0.05, 0) is 43.3 Å². The number of nitrogens with zero attached hydrogens (tertiary/aromatic N) is 4. The molecule has 0 aliphatic carbocycles. The molecule has 1 amide bonds. The summed E-state index contributed by atoms with van der Waals surface area (Å²) in [6.45, 7) is 4.36. The second kappa shape index (κ2) is 10.1. The van der Waals surface area contributed by atoms with Crippen LogP contribution >= 0.6 is 0 Å². The molecule has 36 heavy (non-hydrogen) atoms. The minimum absolute atomic E-state index is 0.0204. The highest BCUT2D eigenvalue weighted by Crippen LogP contribution is 2.26. The van der Waals surface area contributed by atoms with Crippen LogP contribution in [0.5, 0.6) is 11.5 Å². The summed E-state index contributed by atoms with van der Waals surface area (Å²) in [5, 5.41) is 9.41. The number of anilines is 1. The first-order valence-corrected chi connectivity index (χ1v) is 11.8. The molecule has 5 rings (SSSR count). The third kappa shape index (κ3) is 4.59. The second-order valence-corrected chi connectivity index (χ2v) is 8.34. The topological polar surface area (TPSA) is 98.0 Å². The lowest BCUT2D eigenvalue weighted by molar-refractivity contribution is 0.0742. The summed E-state index contributed by atoms with van der Waals surface area (Å²) in [7, 11) is 1.63. The highest BCUT2D eigenvalue weighted by Gasteiger charge is 2.26. The summed E-state index contributed by atoms with van der Waals surface area (Å²) in [4.78, 5) is 29.5. The molecular weight excluding hydrogens is 460 g/mol. The molecule has 0 radical (unpaired) electrons. The number of aromatic nitrogens is 2. The van der Waals surface area contributed by atoms with E-state index in [9.17, 15) is 9.59 Å². The van der Waals surface area contributed by atoms with E-state index >= 15 is 0 Å². The maximum atomic E-state index is 13.1. The minimum atomic E-state index is -0.666. The van der Waals surface area contributed by atoms with E-state index in [2.05, 4.69) is 15.1 Å². The number of fused-ring (bicyclic) bond motifs is 1. The molecule has 9 nitrogen and oxygen atoms in total. The number of hydrogen-bond donors (Lipinski definition) is 0. The molecule has 184 valence electrons. The van der Waals surface area contributed by atoms with E-state index in [1.807, 2.05) is 43.3 Å². The second-order valence-electron chi connectivity index (χ2n) is 8.34. The molecule has 1 saturated heterocycles. The van der Waals surface area contributed by atoms with E-state index in [1.165, 1.54) is 0 Å². The van der Waals surface area contributed by atoms with Crippen molar-refractivity contribution in [3.8, 4) is 22.8 Å². The summed E-state index contributed by atoms with van der Waals surface area (Å²) < 4.78 is 16.3. The van der Waals surface area contributed by atoms with E-state index in [-0.39, 0.29) is 11.5 Å². The molecule has 0 unspecified atom stereocenters. The molecule has 0 N–H and O–H groups in total. The predicted molar refractivity (Wildman–Crippen MR) is 136 cm³/mol. The zero-order valence-electron chi connectivity index (χ0n) is 20.1. The predicted octanol–water partition coefficient (Wildman–Crippen LogP) is 3.62. The lowest BCUT2D eigenvalue weighted by atomic mass is 10.1. The average molecular weight is 487 g/mol. The van der Waals surface area contributed by atoms with Gasteiger partial charge in [-0.1, -0.05) is 24.3 Å². The first-order valence-electron chi connectivity index (χ1n) is 11.8. The van der Waals surface area contributed by atoms with Crippen molar-refractivity contribution in [2.24, 2.45) is 0 Å². The molecule has 0 spiro atoms. The van der Waals surface area contributed by atoms with Gasteiger partial charge in [0.25, 0.3) is 5.91 Å². The van der Waals surface area contributed by atoms with E-state index in [0.29, 0.717) is 49.5 Å². The van der Waals surface area contributed by atoms with E-state index < -0.39 is 5.63 Å². The molecule has 0 bridgehead atoms. The van der Waals surface area contributed by atoms with Gasteiger partial charge in [0.1, 0.15) is 11.3 Å². The number of hydrogen-bond acceptors (Lipinski definition) is 8. The smallest absolute Gasteiger partial charge is 0.349 e. The Labute approximate surface area is 207 Å². The Hall–Kier alpha value is -4.40. The largest absolute Gasteiger partial charge is 0.497 e. The highest BCUT2D eigenvalue weighted by atomic mass is 16.5. The van der Waals surface area contributed by atoms with Gasteiger partial charge < -0.3 is 23.7 Å². The molecule has 2 aromatic carbocycles. The molecular formula is C27H26N4O5. The van der Waals surface area contributed by atoms with Crippen molar-refractivity contribution in [1.29, 1.82) is 0 Å². The monoisotopic (exact) mass is 486 g/mol. The van der Waals surface area contributed by atoms with E-state index in [4.69, 9.17) is 13.9 Å². The van der Waals surface area contributed by atoms with Crippen molar-refractivity contribution in [2.45, 2.75) is 6.92 Å². The van der Waals surface area contributed by atoms with Crippen LogP contribution in [0.4, 0.5) is 5.82 Å². The molecule has 1 aliphatic heterocycles. The van der Waals surface area contributed by atoms with Crippen molar-refractivity contribution in [2.75, 3.05) is 44.8 Å². The zero-order chi connectivity index (χ0) is 25.1. The van der Waals surface area contributed by atoms with Crippen molar-refractivity contribution < 1.29 is 18.7 Å². The standard InChI is InChI=1S/C27H26N4O5/c1-3-35-23-9-5-7-19-17-21(27(33)36-25(19)23)26(32)31-14-12-30(13-15-31)24-11-10-22(28-29-24)18-6-4-8-20(16-18)34-2/h4-11,16-17H,3,12-15H2,1-2H3. The van der Waals surface area contributed by atoms with Crippen LogP contribution in [-0.4, -0.2) is 60.9 Å². The van der Waals surface area contributed by atoms with E-state index in [0.717, 1.165) is 22.8 Å². The SMILES string of the molecule is CCOc1cccc2cc(C(=O)N3CCN(c4ccc(-c5cccc(OC)c5)nn4)CC3)c(=O)oc12. The fourth-order valence-corrected chi connectivity index (χ4v) is 4.28. The van der Waals surface area contributed by atoms with Crippen molar-refractivity contribution in [1.82, 2.24) is 15.1 Å². The Morgan fingerprint density at radius 1 is 1.00 bits per heavy atom. The number of benzene rings is 2. The lowest BCUT2D eigenvalue weighted by Crippen LogP contribution is -2.49. The number of piperazine rings is 1. The normalized spacial score (nSPS) is 13.6. The third-order valence-electron chi connectivity index (χ3n) is 6.16. The molecule has 0 atom stereocenters. The first-order chi connectivity index (χ1) is 17.6. The number of amides is 1. The van der Waals surface area contributed by atoms with Crippen LogP contribution in [0.25, 0.3) is 22.2 Å². The highest BCUT2D eigenvalue weighted by molar-refractivity contribution is 5.97. The van der Waals surface area contributed by atoms with Gasteiger partial charge in [-0.2, -0.15) is 0 Å². The summed E-state index contributed by atoms with van der Waals surface area (Å²) >= 11 is 0. The number of carbonyl (C=O) groups excluding carboxylic acids is 1. The van der Waals surface area contributed by atoms with Gasteiger partial charge in [0.2, 0.25) is 0 Å². The fourth-order valence-electron chi connectivity index (χ4n) is 4.28. The number of methoxy groups -OCH3 is 1. The van der Waals surface area contributed by atoms with Gasteiger partial charge in [-0.25, -0.2) is 4.79 Å². The van der Waals surface area contributed by atoms with Gasteiger partial charge in [0.15, 0.2) is 17.2 Å². The van der Waals surface area contributed by atoms with Crippen LogP contribution in [0.15, 0.2) is 69.9 Å². The van der Waals surface area contributed by atoms with Crippen LogP contribution in [0.1, 0.15) is 17.3 Å². The van der Waals surface area contributed by atoms with Crippen molar-refractivity contribution in [3.63, 3.8) is 0 Å². The Bertz CT molecular complexity index is 1440. The quantitative estimate of drug-likeness (QED) is 0.381. The van der Waals surface area contributed by atoms with Crippen molar-refractivity contribution >= 4 is 22.7 Å². The summed E-state index contributed by atoms with van der Waals surface area (Å²) in [6.07, 6.45) is 0. The molecule has 0 saturated carbocycles. The van der Waals surface area contributed by atoms with Crippen LogP contribution < -0.4 is 20.0 Å². The number of para-hydroxylation sites is 1. The van der Waals surface area contributed by atoms with Crippen LogP contribution in [-0.2, 0) is 0 Å². The van der Waals surface area contributed by atoms with E-state index in [1.54, 1.807) is 36.3 Å². The third-order valence-corrected chi connectivity index (χ3v) is 6.16. The Kier molecular flexibility index (Phi) is 6.53. The Balaban J connectivity index is 1.27. The van der Waals surface area contributed by atoms with Gasteiger partial charge >= 0.3 is 5.63 Å². The van der Waals surface area contributed by atoms with Gasteiger partial charge in [0.05, 0.1) is 19.4 Å². The number of rotatable bonds is 6. The Morgan fingerprint density at radius 3 is 2.53 bits per heavy atom. The summed E-state index contributed by atoms with van der Waals surface area (Å²) in [5.41, 5.74) is 1.38. The number of ether oxygens (including phenoxy) is 2. The molecule has 1 fully saturated rings. The molecule has 3 heterocycles. The molecule has 1 aliphatic rings. The Morgan fingerprint density at radius 2 is 1.81 bits per heavy atom. The van der Waals surface area contributed by atoms with Gasteiger partial charge in [-0.3, -0.25) is 4.79 Å². The average Bonchev–Trinajstić information content (AvgIpc) is 2.93. The molecule has 2 aromatic heterocycles. The molecule has 9 heteroatoms. The van der Waals surface area contributed by atoms with Gasteiger partial charge in [0, 0.05) is 37.1 Å². The maximum Gasteiger partial charge on any atom is 0.349 e. The summed E-state index contributed by atoms with van der Waals surface area (Å²) in [5.74, 6) is 1.64. The van der Waals surface area contributed by atoms with Gasteiger partial charge in [-0.15, -0.1) is 10.2 Å². The van der Waals surface area contributed by atoms with Crippen molar-refractivity contribution in [3.05, 3.63) is 76.6 Å². The lowest BCUT2D eigenvalue weighted by Gasteiger charge is -2.35. The maximum absolute atomic E-state index is 13.1. The number of carbonyl (C=O) groups is 1. The van der Waals surface area contributed by atoms with Crippen LogP contribution in [0, 0.1) is 0 Å². The summed E-state index contributed by atoms with van der Waals surface area (Å²) in [6, 6.07) is 18.4. The fraction of sp³-hybridized carbons (Fsp3) is 0.259. The molecule has 4 aromatic rings. The zero-order valence-corrected chi connectivity index (χ0v) is 20.1.